The van der Waals surface area contributed by atoms with Gasteiger partial charge < -0.3 is 5.11 Å². The lowest BCUT2D eigenvalue weighted by Gasteiger charge is -2.57. The quantitative estimate of drug-likeness (QED) is 0.464. The Hall–Kier alpha value is -0.0400. The maximum atomic E-state index is 10.9. The largest absolute Gasteiger partial charge is 0.390 e. The molecule has 8 atom stereocenters. The molecule has 1 N–H and O–H groups in total. The topological polar surface area (TPSA) is 20.2 Å². The van der Waals surface area contributed by atoms with Crippen LogP contribution in [0.4, 0.5) is 0 Å². The second kappa shape index (κ2) is 8.24. The van der Waals surface area contributed by atoms with E-state index in [1.165, 1.54) is 70.6 Å². The van der Waals surface area contributed by atoms with Gasteiger partial charge in [0.25, 0.3) is 0 Å². The summed E-state index contributed by atoms with van der Waals surface area (Å²) in [5, 5.41) is 10.9. The maximum Gasteiger partial charge on any atom is 0.0648 e. The van der Waals surface area contributed by atoms with Crippen LogP contribution in [0, 0.1) is 46.8 Å². The molecule has 1 heteroatoms. The molecule has 0 aliphatic heterocycles. The van der Waals surface area contributed by atoms with Crippen molar-refractivity contribution in [1.82, 2.24) is 0 Å². The van der Waals surface area contributed by atoms with Crippen LogP contribution >= 0.6 is 0 Å². The molecular formula is C27H48O. The molecule has 0 aromatic carbocycles. The number of hydrogen-bond acceptors (Lipinski definition) is 1. The highest BCUT2D eigenvalue weighted by Gasteiger charge is 2.57. The zero-order valence-corrected chi connectivity index (χ0v) is 19.4. The molecule has 4 saturated carbocycles. The first-order valence-corrected chi connectivity index (χ1v) is 13.1. The predicted octanol–water partition coefficient (Wildman–Crippen LogP) is 7.61. The van der Waals surface area contributed by atoms with Crippen LogP contribution < -0.4 is 0 Å². The van der Waals surface area contributed by atoms with Crippen molar-refractivity contribution in [2.24, 2.45) is 46.8 Å². The van der Waals surface area contributed by atoms with Crippen molar-refractivity contribution in [2.75, 3.05) is 0 Å². The molecule has 4 unspecified atom stereocenters. The SMILES string of the molecule is CC[C@]1(O)CCC2C(CC[C@@H]3C2CC[C@@]2(C)C3CC[C@@H]2CCCCC(C)C)C1. The molecule has 0 bridgehead atoms. The van der Waals surface area contributed by atoms with Gasteiger partial charge in [0.1, 0.15) is 0 Å². The van der Waals surface area contributed by atoms with Crippen molar-refractivity contribution in [1.29, 1.82) is 0 Å². The fourth-order valence-electron chi connectivity index (χ4n) is 8.81. The minimum atomic E-state index is -0.328. The Morgan fingerprint density at radius 1 is 0.893 bits per heavy atom. The molecule has 1 nitrogen and oxygen atoms in total. The molecule has 0 aromatic rings. The predicted molar refractivity (Wildman–Crippen MR) is 119 cm³/mol. The van der Waals surface area contributed by atoms with Crippen molar-refractivity contribution in [3.63, 3.8) is 0 Å². The van der Waals surface area contributed by atoms with Crippen molar-refractivity contribution >= 4 is 0 Å². The Labute approximate surface area is 175 Å². The van der Waals surface area contributed by atoms with Gasteiger partial charge in [-0.05, 0) is 117 Å². The van der Waals surface area contributed by atoms with E-state index >= 15 is 0 Å². The minimum Gasteiger partial charge on any atom is -0.390 e. The lowest BCUT2D eigenvalue weighted by molar-refractivity contribution is -0.107. The summed E-state index contributed by atoms with van der Waals surface area (Å²) in [5.74, 6) is 6.71. The van der Waals surface area contributed by atoms with Crippen molar-refractivity contribution < 1.29 is 5.11 Å². The molecule has 0 radical (unpaired) electrons. The monoisotopic (exact) mass is 388 g/mol. The van der Waals surface area contributed by atoms with E-state index in [9.17, 15) is 5.11 Å². The Bertz CT molecular complexity index is 526. The van der Waals surface area contributed by atoms with Gasteiger partial charge in [0.05, 0.1) is 5.60 Å². The van der Waals surface area contributed by atoms with Crippen molar-refractivity contribution in [3.8, 4) is 0 Å². The average molecular weight is 389 g/mol. The molecule has 4 aliphatic rings. The number of aliphatic hydroxyl groups is 1. The van der Waals surface area contributed by atoms with Gasteiger partial charge in [0, 0.05) is 0 Å². The van der Waals surface area contributed by atoms with E-state index in [-0.39, 0.29) is 5.60 Å². The highest BCUT2D eigenvalue weighted by Crippen LogP contribution is 2.65. The first-order chi connectivity index (χ1) is 13.4. The van der Waals surface area contributed by atoms with Gasteiger partial charge in [-0.25, -0.2) is 0 Å². The summed E-state index contributed by atoms with van der Waals surface area (Å²) in [5.41, 5.74) is 0.330. The van der Waals surface area contributed by atoms with E-state index in [0.717, 1.165) is 60.7 Å². The molecule has 4 aliphatic carbocycles. The summed E-state index contributed by atoms with van der Waals surface area (Å²) in [7, 11) is 0. The van der Waals surface area contributed by atoms with E-state index in [1.807, 2.05) is 0 Å². The molecule has 0 amide bonds. The fourth-order valence-corrected chi connectivity index (χ4v) is 8.81. The minimum absolute atomic E-state index is 0.328. The molecule has 0 heterocycles. The van der Waals surface area contributed by atoms with Crippen LogP contribution in [-0.2, 0) is 0 Å². The Kier molecular flexibility index (Phi) is 6.24. The van der Waals surface area contributed by atoms with Crippen LogP contribution in [0.1, 0.15) is 118 Å². The summed E-state index contributed by atoms with van der Waals surface area (Å²) in [6, 6.07) is 0. The zero-order chi connectivity index (χ0) is 19.9. The normalized spacial score (nSPS) is 48.2. The second-order valence-electron chi connectivity index (χ2n) is 12.3. The Morgan fingerprint density at radius 2 is 1.68 bits per heavy atom. The van der Waals surface area contributed by atoms with E-state index in [0.29, 0.717) is 5.41 Å². The zero-order valence-electron chi connectivity index (χ0n) is 19.4. The van der Waals surface area contributed by atoms with E-state index in [1.54, 1.807) is 0 Å². The average Bonchev–Trinajstić information content (AvgIpc) is 3.01. The molecule has 4 rings (SSSR count). The fraction of sp³-hybridized carbons (Fsp3) is 1.00. The molecule has 4 fully saturated rings. The Morgan fingerprint density at radius 3 is 2.43 bits per heavy atom. The molecule has 0 saturated heterocycles. The maximum absolute atomic E-state index is 10.9. The molecule has 0 spiro atoms. The van der Waals surface area contributed by atoms with Crippen LogP contribution in [0.3, 0.4) is 0 Å². The summed E-state index contributed by atoms with van der Waals surface area (Å²) < 4.78 is 0. The first-order valence-electron chi connectivity index (χ1n) is 13.1. The van der Waals surface area contributed by atoms with Crippen molar-refractivity contribution in [3.05, 3.63) is 0 Å². The number of rotatable bonds is 6. The van der Waals surface area contributed by atoms with Crippen LogP contribution in [0.5, 0.6) is 0 Å². The number of hydrogen-bond donors (Lipinski definition) is 1. The summed E-state index contributed by atoms with van der Waals surface area (Å²) in [6.07, 6.45) is 19.3. The third kappa shape index (κ3) is 3.83. The third-order valence-electron chi connectivity index (χ3n) is 10.5. The van der Waals surface area contributed by atoms with Gasteiger partial charge in [0.2, 0.25) is 0 Å². The molecule has 28 heavy (non-hydrogen) atoms. The van der Waals surface area contributed by atoms with Crippen LogP contribution in [0.25, 0.3) is 0 Å². The summed E-state index contributed by atoms with van der Waals surface area (Å²) in [6.45, 7) is 9.64. The van der Waals surface area contributed by atoms with E-state index in [2.05, 4.69) is 27.7 Å². The van der Waals surface area contributed by atoms with Crippen LogP contribution in [-0.4, -0.2) is 10.7 Å². The number of unbranched alkanes of at least 4 members (excludes halogenated alkanes) is 1. The summed E-state index contributed by atoms with van der Waals surface area (Å²) >= 11 is 0. The first kappa shape index (κ1) is 21.2. The van der Waals surface area contributed by atoms with E-state index in [4.69, 9.17) is 0 Å². The van der Waals surface area contributed by atoms with Gasteiger partial charge >= 0.3 is 0 Å². The summed E-state index contributed by atoms with van der Waals surface area (Å²) in [4.78, 5) is 0. The van der Waals surface area contributed by atoms with Gasteiger partial charge in [-0.1, -0.05) is 47.0 Å². The second-order valence-corrected chi connectivity index (χ2v) is 12.3. The molecule has 0 aromatic heterocycles. The van der Waals surface area contributed by atoms with Crippen LogP contribution in [0.2, 0.25) is 0 Å². The Balaban J connectivity index is 1.38. The van der Waals surface area contributed by atoms with Gasteiger partial charge in [0.15, 0.2) is 0 Å². The van der Waals surface area contributed by atoms with Crippen molar-refractivity contribution in [2.45, 2.75) is 123 Å². The van der Waals surface area contributed by atoms with Gasteiger partial charge in [-0.2, -0.15) is 0 Å². The molecule has 162 valence electrons. The molecular weight excluding hydrogens is 340 g/mol. The standard InChI is InChI=1S/C27H48O/c1-5-27(28)17-15-22-20(18-27)10-12-24-23(22)14-16-26(4)21(11-13-25(24)26)9-7-6-8-19(2)3/h19-25,28H,5-18H2,1-4H3/t20?,21-,22?,23?,24+,25?,26+,27-/m0/s1. The third-order valence-corrected chi connectivity index (χ3v) is 10.5. The smallest absolute Gasteiger partial charge is 0.0648 e. The van der Waals surface area contributed by atoms with Gasteiger partial charge in [-0.3, -0.25) is 0 Å². The highest BCUT2D eigenvalue weighted by atomic mass is 16.3. The number of fused-ring (bicyclic) bond motifs is 5. The lowest BCUT2D eigenvalue weighted by Crippen LogP contribution is -2.50. The lowest BCUT2D eigenvalue weighted by atomic mass is 9.48. The van der Waals surface area contributed by atoms with Crippen LogP contribution in [0.15, 0.2) is 0 Å². The van der Waals surface area contributed by atoms with E-state index < -0.39 is 0 Å². The highest BCUT2D eigenvalue weighted by molar-refractivity contribution is 5.06. The van der Waals surface area contributed by atoms with Gasteiger partial charge in [-0.15, -0.1) is 0 Å².